The molecule has 0 radical (unpaired) electrons. The largest absolute Gasteiger partial charge is 0.270 e. The molecule has 0 fully saturated rings. The molecule has 0 spiro atoms. The van der Waals surface area contributed by atoms with Crippen LogP contribution in [-0.2, 0) is 6.54 Å². The quantitative estimate of drug-likeness (QED) is 0.560. The number of hydrazine groups is 1. The van der Waals surface area contributed by atoms with Crippen LogP contribution in [0.5, 0.6) is 0 Å². The Kier molecular flexibility index (Phi) is 3.82. The Morgan fingerprint density at radius 3 is 2.95 bits per heavy atom. The van der Waals surface area contributed by atoms with Crippen molar-refractivity contribution in [2.24, 2.45) is 5.84 Å². The third-order valence-electron chi connectivity index (χ3n) is 3.38. The normalized spacial score (nSPS) is 12.9. The molecule has 0 saturated carbocycles. The van der Waals surface area contributed by atoms with Crippen molar-refractivity contribution in [2.45, 2.75) is 25.9 Å². The van der Waals surface area contributed by atoms with Gasteiger partial charge in [0.15, 0.2) is 0 Å². The van der Waals surface area contributed by atoms with E-state index in [0.717, 1.165) is 18.7 Å². The number of aryl methyl sites for hydroxylation is 1. The summed E-state index contributed by atoms with van der Waals surface area (Å²) in [4.78, 5) is 1.21. The van der Waals surface area contributed by atoms with Gasteiger partial charge in [0.25, 0.3) is 0 Å². The molecule has 0 bridgehead atoms. The van der Waals surface area contributed by atoms with Gasteiger partial charge in [-0.1, -0.05) is 25.1 Å². The maximum absolute atomic E-state index is 5.80. The minimum absolute atomic E-state index is 0.0125. The number of rotatable bonds is 5. The fraction of sp³-hybridized carbons (Fsp3) is 0.267. The molecular weight excluding hydrogens is 268 g/mol. The topological polar surface area (TPSA) is 55.9 Å². The Morgan fingerprint density at radius 2 is 2.20 bits per heavy atom. The van der Waals surface area contributed by atoms with Crippen molar-refractivity contribution in [1.82, 2.24) is 15.2 Å². The zero-order valence-electron chi connectivity index (χ0n) is 11.4. The highest BCUT2D eigenvalue weighted by Crippen LogP contribution is 2.32. The van der Waals surface area contributed by atoms with Crippen molar-refractivity contribution < 1.29 is 0 Å². The molecule has 0 amide bonds. The number of hydrogen-bond donors (Lipinski definition) is 2. The average molecular weight is 286 g/mol. The van der Waals surface area contributed by atoms with Crippen LogP contribution in [0.4, 0.5) is 0 Å². The minimum Gasteiger partial charge on any atom is -0.270 e. The lowest BCUT2D eigenvalue weighted by Gasteiger charge is -2.16. The van der Waals surface area contributed by atoms with Gasteiger partial charge in [0.2, 0.25) is 0 Å². The summed E-state index contributed by atoms with van der Waals surface area (Å²) in [6.45, 7) is 3.06. The molecule has 20 heavy (non-hydrogen) atoms. The fourth-order valence-electron chi connectivity index (χ4n) is 2.44. The van der Waals surface area contributed by atoms with Crippen LogP contribution < -0.4 is 11.3 Å². The first-order chi connectivity index (χ1) is 9.83. The van der Waals surface area contributed by atoms with Crippen LogP contribution in [0.3, 0.4) is 0 Å². The highest BCUT2D eigenvalue weighted by Gasteiger charge is 2.19. The zero-order valence-corrected chi connectivity index (χ0v) is 12.2. The van der Waals surface area contributed by atoms with Crippen LogP contribution in [0.2, 0.25) is 0 Å². The van der Waals surface area contributed by atoms with Crippen molar-refractivity contribution in [3.63, 3.8) is 0 Å². The predicted octanol–water partition coefficient (Wildman–Crippen LogP) is 3.06. The Bertz CT molecular complexity index is 668. The Morgan fingerprint density at radius 1 is 1.35 bits per heavy atom. The third kappa shape index (κ3) is 2.35. The van der Waals surface area contributed by atoms with E-state index >= 15 is 0 Å². The van der Waals surface area contributed by atoms with Crippen molar-refractivity contribution in [3.8, 4) is 0 Å². The molecule has 0 saturated heterocycles. The van der Waals surface area contributed by atoms with Gasteiger partial charge in [-0.25, -0.2) is 5.43 Å². The van der Waals surface area contributed by atoms with E-state index < -0.39 is 0 Å². The van der Waals surface area contributed by atoms with E-state index in [-0.39, 0.29) is 6.04 Å². The van der Waals surface area contributed by atoms with E-state index in [4.69, 9.17) is 5.84 Å². The molecular formula is C15H18N4S. The van der Waals surface area contributed by atoms with Gasteiger partial charge in [-0.2, -0.15) is 5.10 Å². The number of benzene rings is 1. The number of thiophene rings is 1. The summed E-state index contributed by atoms with van der Waals surface area (Å²) >= 11 is 1.77. The number of nitrogens with two attached hydrogens (primary N) is 1. The molecule has 3 N–H and O–H groups in total. The molecule has 3 aromatic rings. The molecule has 0 aliphatic carbocycles. The summed E-state index contributed by atoms with van der Waals surface area (Å²) in [5.41, 5.74) is 4.04. The monoisotopic (exact) mass is 286 g/mol. The lowest BCUT2D eigenvalue weighted by Crippen LogP contribution is -2.30. The molecule has 2 aromatic heterocycles. The van der Waals surface area contributed by atoms with Gasteiger partial charge in [-0.05, 0) is 30.0 Å². The minimum atomic E-state index is -0.0125. The standard InChI is InChI=1S/C15H18N4S/c1-2-9-19-12(7-8-17-19)15(18-16)14-10-11-5-3-4-6-13(11)20-14/h3-8,10,15,18H,2,9,16H2,1H3. The lowest BCUT2D eigenvalue weighted by atomic mass is 10.1. The summed E-state index contributed by atoms with van der Waals surface area (Å²) < 4.78 is 3.30. The van der Waals surface area contributed by atoms with Gasteiger partial charge in [-0.3, -0.25) is 10.5 Å². The zero-order chi connectivity index (χ0) is 13.9. The Labute approximate surface area is 122 Å². The molecule has 4 nitrogen and oxygen atoms in total. The SMILES string of the molecule is CCCn1nccc1C(NN)c1cc2ccccc2s1. The van der Waals surface area contributed by atoms with Crippen LogP contribution in [0, 0.1) is 0 Å². The maximum atomic E-state index is 5.80. The summed E-state index contributed by atoms with van der Waals surface area (Å²) in [5.74, 6) is 5.80. The lowest BCUT2D eigenvalue weighted by molar-refractivity contribution is 0.524. The van der Waals surface area contributed by atoms with Gasteiger partial charge >= 0.3 is 0 Å². The fourth-order valence-corrected chi connectivity index (χ4v) is 3.58. The molecule has 0 aliphatic heterocycles. The Hall–Kier alpha value is -1.69. The van der Waals surface area contributed by atoms with Gasteiger partial charge in [-0.15, -0.1) is 11.3 Å². The number of fused-ring (bicyclic) bond motifs is 1. The van der Waals surface area contributed by atoms with Gasteiger partial charge in [0.1, 0.15) is 0 Å². The van der Waals surface area contributed by atoms with E-state index in [2.05, 4.69) is 47.8 Å². The van der Waals surface area contributed by atoms with E-state index in [1.165, 1.54) is 15.0 Å². The highest BCUT2D eigenvalue weighted by atomic mass is 32.1. The van der Waals surface area contributed by atoms with Crippen molar-refractivity contribution >= 4 is 21.4 Å². The number of nitrogens with zero attached hydrogens (tertiary/aromatic N) is 2. The van der Waals surface area contributed by atoms with Gasteiger partial charge < -0.3 is 0 Å². The van der Waals surface area contributed by atoms with Crippen LogP contribution in [0.1, 0.15) is 30.0 Å². The van der Waals surface area contributed by atoms with Crippen molar-refractivity contribution in [2.75, 3.05) is 0 Å². The molecule has 1 aromatic carbocycles. The van der Waals surface area contributed by atoms with E-state index in [1.54, 1.807) is 11.3 Å². The Balaban J connectivity index is 2.02. The molecule has 0 aliphatic rings. The highest BCUT2D eigenvalue weighted by molar-refractivity contribution is 7.19. The smallest absolute Gasteiger partial charge is 0.0970 e. The number of hydrogen-bond acceptors (Lipinski definition) is 4. The van der Waals surface area contributed by atoms with E-state index in [1.807, 2.05) is 16.9 Å². The maximum Gasteiger partial charge on any atom is 0.0970 e. The first-order valence-corrected chi connectivity index (χ1v) is 7.61. The first-order valence-electron chi connectivity index (χ1n) is 6.79. The van der Waals surface area contributed by atoms with Gasteiger partial charge in [0, 0.05) is 22.3 Å². The number of aromatic nitrogens is 2. The van der Waals surface area contributed by atoms with Gasteiger partial charge in [0.05, 0.1) is 11.7 Å². The molecule has 104 valence electrons. The van der Waals surface area contributed by atoms with Crippen LogP contribution in [0.15, 0.2) is 42.6 Å². The summed E-state index contributed by atoms with van der Waals surface area (Å²) in [5, 5.41) is 5.64. The van der Waals surface area contributed by atoms with Crippen molar-refractivity contribution in [3.05, 3.63) is 53.2 Å². The molecule has 1 atom stereocenters. The predicted molar refractivity (Wildman–Crippen MR) is 83.5 cm³/mol. The van der Waals surface area contributed by atoms with Crippen LogP contribution >= 0.6 is 11.3 Å². The molecule has 5 heteroatoms. The second-order valence-electron chi connectivity index (χ2n) is 4.77. The second kappa shape index (κ2) is 5.75. The van der Waals surface area contributed by atoms with Crippen LogP contribution in [0.25, 0.3) is 10.1 Å². The van der Waals surface area contributed by atoms with Crippen LogP contribution in [-0.4, -0.2) is 9.78 Å². The summed E-state index contributed by atoms with van der Waals surface area (Å²) in [6.07, 6.45) is 2.89. The van der Waals surface area contributed by atoms with E-state index in [9.17, 15) is 0 Å². The molecule has 2 heterocycles. The first kappa shape index (κ1) is 13.3. The second-order valence-corrected chi connectivity index (χ2v) is 5.88. The average Bonchev–Trinajstić information content (AvgIpc) is 3.07. The molecule has 1 unspecified atom stereocenters. The van der Waals surface area contributed by atoms with Crippen molar-refractivity contribution in [1.29, 1.82) is 0 Å². The summed E-state index contributed by atoms with van der Waals surface area (Å²) in [6, 6.07) is 12.6. The summed E-state index contributed by atoms with van der Waals surface area (Å²) in [7, 11) is 0. The third-order valence-corrected chi connectivity index (χ3v) is 4.56. The number of nitrogens with one attached hydrogen (secondary N) is 1. The van der Waals surface area contributed by atoms with E-state index in [0.29, 0.717) is 0 Å². The molecule has 3 rings (SSSR count).